The molecular formula is C41H36GeIrN2O-2. The molecule has 231 valence electrons. The van der Waals surface area contributed by atoms with Crippen LogP contribution in [0.3, 0.4) is 0 Å². The molecule has 1 aliphatic rings. The molecule has 8 rings (SSSR count). The number of aryl methyl sites for hydroxylation is 1. The Morgan fingerprint density at radius 1 is 0.696 bits per heavy atom. The van der Waals surface area contributed by atoms with Crippen LogP contribution in [0, 0.1) is 12.1 Å². The first kappa shape index (κ1) is 32.1. The summed E-state index contributed by atoms with van der Waals surface area (Å²) in [6.45, 7) is 0. The van der Waals surface area contributed by atoms with Crippen molar-refractivity contribution in [3.8, 4) is 33.6 Å². The fourth-order valence-electron chi connectivity index (χ4n) is 6.11. The van der Waals surface area contributed by atoms with E-state index in [9.17, 15) is 0 Å². The number of hydrogen-bond donors (Lipinski definition) is 0. The maximum Gasteiger partial charge on any atom is 0.123 e. The van der Waals surface area contributed by atoms with Crippen LogP contribution in [0.2, 0.25) is 17.3 Å². The summed E-state index contributed by atoms with van der Waals surface area (Å²) in [6, 6.07) is 42.2. The molecule has 0 amide bonds. The summed E-state index contributed by atoms with van der Waals surface area (Å²) < 4.78 is 7.65. The fourth-order valence-corrected chi connectivity index (χ4v) is 8.28. The minimum absolute atomic E-state index is 0. The molecule has 7 aromatic rings. The van der Waals surface area contributed by atoms with Gasteiger partial charge in [0.2, 0.25) is 0 Å². The van der Waals surface area contributed by atoms with Gasteiger partial charge in [-0.1, -0.05) is 65.0 Å². The standard InChI is InChI=1S/C27H20NO.C14H16GeN.Ir/c1-2-6-18(7-3-1)20-11-13-25-24(16-20)23-12-10-21(17-26(23)29-25)27-22-9-5-4-8-19(22)14-15-28-27;1-15(2,3)13-9-10-14(16-11-13)12-7-5-4-6-8-12;/h1-3,6-7,11-17H,4-5,8-9H2;4-7,9-11H,1-3H3;/q2*-1;. The zero-order chi connectivity index (χ0) is 30.8. The summed E-state index contributed by atoms with van der Waals surface area (Å²) in [5.74, 6) is 7.14. The number of furan rings is 1. The number of nitrogens with zero attached hydrogens (tertiary/aromatic N) is 2. The SMILES string of the molecule is [CH3][Ge]([CH3])([CH3])[c]1ccc(-c2[c-]cccc2)nc1.[Ir].[c-]1cc2c(cc1-c1nccc3c1CCCC3)oc1ccc(-c3ccccc3)cc12. The Balaban J connectivity index is 0.000000187. The second-order valence-electron chi connectivity index (χ2n) is 12.8. The third-order valence-electron chi connectivity index (χ3n) is 8.66. The van der Waals surface area contributed by atoms with E-state index in [1.54, 1.807) is 0 Å². The Labute approximate surface area is 287 Å². The Hall–Kier alpha value is -3.83. The van der Waals surface area contributed by atoms with E-state index in [4.69, 9.17) is 9.40 Å². The number of aromatic nitrogens is 2. The molecule has 4 aromatic carbocycles. The molecule has 0 atom stereocenters. The van der Waals surface area contributed by atoms with Gasteiger partial charge in [-0.3, -0.25) is 0 Å². The summed E-state index contributed by atoms with van der Waals surface area (Å²) in [5, 5.41) is 2.23. The Morgan fingerprint density at radius 3 is 2.28 bits per heavy atom. The topological polar surface area (TPSA) is 38.9 Å². The average molecular weight is 838 g/mol. The van der Waals surface area contributed by atoms with E-state index in [0.717, 1.165) is 57.3 Å². The van der Waals surface area contributed by atoms with Crippen LogP contribution in [0.4, 0.5) is 0 Å². The quantitative estimate of drug-likeness (QED) is 0.131. The smallest absolute Gasteiger partial charge is 0.123 e. The fraction of sp³-hybridized carbons (Fsp3) is 0.171. The summed E-state index contributed by atoms with van der Waals surface area (Å²) in [5.41, 5.74) is 11.2. The van der Waals surface area contributed by atoms with E-state index in [-0.39, 0.29) is 20.1 Å². The monoisotopic (exact) mass is 839 g/mol. The summed E-state index contributed by atoms with van der Waals surface area (Å²) in [6.07, 6.45) is 8.73. The van der Waals surface area contributed by atoms with Gasteiger partial charge < -0.3 is 9.40 Å². The molecule has 0 spiro atoms. The first-order valence-electron chi connectivity index (χ1n) is 15.8. The van der Waals surface area contributed by atoms with Crippen molar-refractivity contribution in [3.63, 3.8) is 0 Å². The molecule has 1 aliphatic carbocycles. The second-order valence-corrected chi connectivity index (χ2v) is 23.4. The molecule has 0 fully saturated rings. The van der Waals surface area contributed by atoms with Crippen molar-refractivity contribution in [3.05, 3.63) is 139 Å². The van der Waals surface area contributed by atoms with E-state index >= 15 is 0 Å². The van der Waals surface area contributed by atoms with Gasteiger partial charge in [-0.25, -0.2) is 0 Å². The van der Waals surface area contributed by atoms with Gasteiger partial charge in [0.05, 0.1) is 5.58 Å². The van der Waals surface area contributed by atoms with E-state index < -0.39 is 13.3 Å². The van der Waals surface area contributed by atoms with Gasteiger partial charge in [-0.15, -0.1) is 17.7 Å². The molecule has 0 unspecified atom stereocenters. The number of hydrogen-bond acceptors (Lipinski definition) is 3. The van der Waals surface area contributed by atoms with Crippen LogP contribution in [0.5, 0.6) is 0 Å². The van der Waals surface area contributed by atoms with Crippen LogP contribution < -0.4 is 4.40 Å². The second kappa shape index (κ2) is 13.9. The third kappa shape index (κ3) is 6.81. The maximum absolute atomic E-state index is 6.20. The van der Waals surface area contributed by atoms with Gasteiger partial charge >= 0.3 is 99.8 Å². The maximum atomic E-state index is 6.20. The first-order chi connectivity index (χ1) is 21.9. The number of pyridine rings is 2. The van der Waals surface area contributed by atoms with Gasteiger partial charge in [0.1, 0.15) is 5.58 Å². The predicted octanol–water partition coefficient (Wildman–Crippen LogP) is 10.1. The normalized spacial score (nSPS) is 12.6. The van der Waals surface area contributed by atoms with Gasteiger partial charge in [0.25, 0.3) is 0 Å². The molecular weight excluding hydrogens is 801 g/mol. The number of rotatable bonds is 4. The average Bonchev–Trinajstić information content (AvgIpc) is 3.46. The molecule has 0 aliphatic heterocycles. The minimum atomic E-state index is -1.72. The first-order valence-corrected chi connectivity index (χ1v) is 23.1. The van der Waals surface area contributed by atoms with Gasteiger partial charge in [0.15, 0.2) is 0 Å². The summed E-state index contributed by atoms with van der Waals surface area (Å²) >= 11 is -1.72. The molecule has 0 saturated heterocycles. The van der Waals surface area contributed by atoms with Crippen molar-refractivity contribution < 1.29 is 24.5 Å². The third-order valence-corrected chi connectivity index (χ3v) is 12.9. The molecule has 3 aromatic heterocycles. The predicted molar refractivity (Wildman–Crippen MR) is 189 cm³/mol. The van der Waals surface area contributed by atoms with Crippen LogP contribution in [0.1, 0.15) is 24.0 Å². The number of benzene rings is 4. The van der Waals surface area contributed by atoms with Crippen molar-refractivity contribution in [2.45, 2.75) is 43.0 Å². The van der Waals surface area contributed by atoms with E-state index in [1.165, 1.54) is 39.5 Å². The van der Waals surface area contributed by atoms with E-state index in [2.05, 4.69) is 107 Å². The van der Waals surface area contributed by atoms with Crippen LogP contribution in [-0.4, -0.2) is 23.2 Å². The minimum Gasteiger partial charge on any atom is -0.476 e. The Kier molecular flexibility index (Phi) is 9.70. The molecule has 0 bridgehead atoms. The van der Waals surface area contributed by atoms with Crippen LogP contribution in [-0.2, 0) is 32.9 Å². The molecule has 3 nitrogen and oxygen atoms in total. The van der Waals surface area contributed by atoms with Crippen molar-refractivity contribution in [1.29, 1.82) is 0 Å². The Morgan fingerprint density at radius 2 is 1.52 bits per heavy atom. The molecule has 5 heteroatoms. The van der Waals surface area contributed by atoms with Crippen LogP contribution in [0.25, 0.3) is 55.6 Å². The summed E-state index contributed by atoms with van der Waals surface area (Å²) in [7, 11) is 0. The molecule has 0 saturated carbocycles. The van der Waals surface area contributed by atoms with Crippen LogP contribution >= 0.6 is 0 Å². The summed E-state index contributed by atoms with van der Waals surface area (Å²) in [4.78, 5) is 9.23. The Bertz CT molecular complexity index is 2080. The van der Waals surface area contributed by atoms with Crippen molar-refractivity contribution in [2.24, 2.45) is 0 Å². The van der Waals surface area contributed by atoms with Crippen molar-refractivity contribution in [1.82, 2.24) is 9.97 Å². The van der Waals surface area contributed by atoms with E-state index in [1.807, 2.05) is 42.7 Å². The van der Waals surface area contributed by atoms with Gasteiger partial charge in [0, 0.05) is 26.3 Å². The van der Waals surface area contributed by atoms with Crippen LogP contribution in [0.15, 0.2) is 120 Å². The van der Waals surface area contributed by atoms with Gasteiger partial charge in [-0.2, -0.15) is 0 Å². The molecule has 0 N–H and O–H groups in total. The molecule has 1 radical (unpaired) electrons. The number of fused-ring (bicyclic) bond motifs is 4. The van der Waals surface area contributed by atoms with Crippen molar-refractivity contribution >= 4 is 39.6 Å². The zero-order valence-electron chi connectivity index (χ0n) is 26.4. The zero-order valence-corrected chi connectivity index (χ0v) is 30.9. The largest absolute Gasteiger partial charge is 0.476 e. The van der Waals surface area contributed by atoms with Gasteiger partial charge in [-0.05, 0) is 60.0 Å². The van der Waals surface area contributed by atoms with E-state index in [0.29, 0.717) is 0 Å². The van der Waals surface area contributed by atoms with Crippen molar-refractivity contribution in [2.75, 3.05) is 0 Å². The molecule has 46 heavy (non-hydrogen) atoms. The molecule has 3 heterocycles.